The Bertz CT molecular complexity index is 857. The Balaban J connectivity index is 1.77. The summed E-state index contributed by atoms with van der Waals surface area (Å²) in [4.78, 5) is 13.3. The summed E-state index contributed by atoms with van der Waals surface area (Å²) in [5.41, 5.74) is 0.910. The molecule has 0 spiro atoms. The van der Waals surface area contributed by atoms with Gasteiger partial charge in [0.2, 0.25) is 5.91 Å². The third kappa shape index (κ3) is 4.83. The molecule has 0 unspecified atom stereocenters. The zero-order valence-corrected chi connectivity index (χ0v) is 16.4. The van der Waals surface area contributed by atoms with Gasteiger partial charge in [-0.2, -0.15) is 5.26 Å². The molecule has 3 rings (SSSR count). The number of halogens is 1. The van der Waals surface area contributed by atoms with Gasteiger partial charge in [-0.05, 0) is 49.1 Å². The molecular weight excluding hydrogens is 376 g/mol. The van der Waals surface area contributed by atoms with Gasteiger partial charge in [0.25, 0.3) is 0 Å². The van der Waals surface area contributed by atoms with Crippen molar-refractivity contribution in [2.24, 2.45) is 0 Å². The molecule has 2 aromatic carbocycles. The summed E-state index contributed by atoms with van der Waals surface area (Å²) in [7, 11) is 0. The Morgan fingerprint density at radius 2 is 2.00 bits per heavy atom. The van der Waals surface area contributed by atoms with Crippen LogP contribution in [-0.2, 0) is 14.9 Å². The Labute approximate surface area is 170 Å². The van der Waals surface area contributed by atoms with E-state index in [-0.39, 0.29) is 5.91 Å². The van der Waals surface area contributed by atoms with Crippen LogP contribution in [0.4, 0.5) is 5.69 Å². The van der Waals surface area contributed by atoms with Crippen molar-refractivity contribution in [2.45, 2.75) is 31.1 Å². The predicted molar refractivity (Wildman–Crippen MR) is 109 cm³/mol. The second-order valence-corrected chi connectivity index (χ2v) is 7.23. The normalized spacial score (nSPS) is 15.4. The number of hydrogen-bond acceptors (Lipinski definition) is 4. The van der Waals surface area contributed by atoms with E-state index >= 15 is 0 Å². The number of nitrogens with zero attached hydrogens (tertiary/aromatic N) is 1. The van der Waals surface area contributed by atoms with Gasteiger partial charge >= 0.3 is 0 Å². The van der Waals surface area contributed by atoms with Gasteiger partial charge in [0, 0.05) is 36.4 Å². The fraction of sp³-hybridized carbons (Fsp3) is 0.364. The van der Waals surface area contributed by atoms with E-state index in [2.05, 4.69) is 11.4 Å². The van der Waals surface area contributed by atoms with Gasteiger partial charge < -0.3 is 14.8 Å². The highest BCUT2D eigenvalue weighted by molar-refractivity contribution is 6.30. The van der Waals surface area contributed by atoms with Gasteiger partial charge in [-0.15, -0.1) is 0 Å². The Kier molecular flexibility index (Phi) is 6.91. The van der Waals surface area contributed by atoms with Gasteiger partial charge in [0.1, 0.15) is 5.75 Å². The first kappa shape index (κ1) is 20.2. The van der Waals surface area contributed by atoms with E-state index in [1.807, 2.05) is 42.5 Å². The monoisotopic (exact) mass is 398 g/mol. The van der Waals surface area contributed by atoms with Gasteiger partial charge in [0.05, 0.1) is 18.1 Å². The summed E-state index contributed by atoms with van der Waals surface area (Å²) in [6.07, 6.45) is 2.33. The van der Waals surface area contributed by atoms with Crippen LogP contribution in [0.25, 0.3) is 0 Å². The molecule has 1 saturated heterocycles. The number of nitriles is 1. The second kappa shape index (κ2) is 9.59. The van der Waals surface area contributed by atoms with Crippen molar-refractivity contribution in [1.82, 2.24) is 0 Å². The maximum absolute atomic E-state index is 13.3. The molecule has 1 aliphatic heterocycles. The number of nitrogens with one attached hydrogen (secondary N) is 1. The van der Waals surface area contributed by atoms with Crippen LogP contribution in [0.5, 0.6) is 5.75 Å². The van der Waals surface area contributed by atoms with Crippen LogP contribution in [-0.4, -0.2) is 25.7 Å². The summed E-state index contributed by atoms with van der Waals surface area (Å²) in [6.45, 7) is 1.53. The minimum atomic E-state index is -0.674. The Hall–Kier alpha value is -2.55. The molecule has 0 atom stereocenters. The molecule has 2 aromatic rings. The first-order chi connectivity index (χ1) is 13.6. The fourth-order valence-corrected chi connectivity index (χ4v) is 3.60. The zero-order valence-electron chi connectivity index (χ0n) is 15.6. The number of benzene rings is 2. The maximum Gasteiger partial charge on any atom is 0.235 e. The number of amides is 1. The molecule has 0 saturated carbocycles. The first-order valence-electron chi connectivity index (χ1n) is 9.39. The summed E-state index contributed by atoms with van der Waals surface area (Å²) < 4.78 is 11.2. The van der Waals surface area contributed by atoms with E-state index < -0.39 is 5.41 Å². The molecule has 146 valence electrons. The third-order valence-corrected chi connectivity index (χ3v) is 5.19. The summed E-state index contributed by atoms with van der Waals surface area (Å²) >= 11 is 6.18. The van der Waals surface area contributed by atoms with Crippen molar-refractivity contribution in [1.29, 1.82) is 5.26 Å². The predicted octanol–water partition coefficient (Wildman–Crippen LogP) is 4.71. The standard InChI is InChI=1S/C22H23ClN2O3/c23-18-6-3-5-17(15-18)22(9-13-27-14-10-22)21(26)25-19-7-4-8-20(16-19)28-12-2-1-11-24/h3-8,15-16H,1-2,9-10,12-14H2,(H,25,26). The molecular formula is C22H23ClN2O3. The van der Waals surface area contributed by atoms with Gasteiger partial charge in [0.15, 0.2) is 0 Å². The van der Waals surface area contributed by atoms with E-state index in [9.17, 15) is 4.79 Å². The van der Waals surface area contributed by atoms with E-state index in [1.54, 1.807) is 6.07 Å². The second-order valence-electron chi connectivity index (χ2n) is 6.80. The third-order valence-electron chi connectivity index (χ3n) is 4.95. The van der Waals surface area contributed by atoms with E-state index in [1.165, 1.54) is 0 Å². The van der Waals surface area contributed by atoms with Crippen LogP contribution >= 0.6 is 11.6 Å². The SMILES string of the molecule is N#CCCCOc1cccc(NC(=O)C2(c3cccc(Cl)c3)CCOCC2)c1. The van der Waals surface area contributed by atoms with Crippen molar-refractivity contribution >= 4 is 23.2 Å². The molecule has 28 heavy (non-hydrogen) atoms. The highest BCUT2D eigenvalue weighted by Crippen LogP contribution is 2.37. The summed E-state index contributed by atoms with van der Waals surface area (Å²) in [5, 5.41) is 12.3. The molecule has 0 aliphatic carbocycles. The lowest BCUT2D eigenvalue weighted by molar-refractivity contribution is -0.125. The molecule has 0 bridgehead atoms. The highest BCUT2D eigenvalue weighted by Gasteiger charge is 2.41. The molecule has 1 heterocycles. The number of hydrogen-bond donors (Lipinski definition) is 1. The van der Waals surface area contributed by atoms with Crippen molar-refractivity contribution in [3.8, 4) is 11.8 Å². The van der Waals surface area contributed by atoms with Gasteiger partial charge in [-0.25, -0.2) is 0 Å². The molecule has 0 radical (unpaired) electrons. The molecule has 0 aromatic heterocycles. The lowest BCUT2D eigenvalue weighted by Gasteiger charge is -2.36. The average Bonchev–Trinajstić information content (AvgIpc) is 2.72. The number of rotatable bonds is 7. The van der Waals surface area contributed by atoms with Crippen LogP contribution in [0, 0.1) is 11.3 Å². The van der Waals surface area contributed by atoms with Crippen molar-refractivity contribution in [2.75, 3.05) is 25.1 Å². The van der Waals surface area contributed by atoms with Gasteiger partial charge in [-0.3, -0.25) is 4.79 Å². The Morgan fingerprint density at radius 1 is 1.21 bits per heavy atom. The van der Waals surface area contributed by atoms with Crippen LogP contribution in [0.15, 0.2) is 48.5 Å². The van der Waals surface area contributed by atoms with E-state index in [4.69, 9.17) is 26.3 Å². The molecule has 1 N–H and O–H groups in total. The topological polar surface area (TPSA) is 71.3 Å². The number of unbranched alkanes of at least 4 members (excludes halogenated alkanes) is 1. The number of carbonyl (C=O) groups is 1. The maximum atomic E-state index is 13.3. The minimum absolute atomic E-state index is 0.0697. The molecule has 5 nitrogen and oxygen atoms in total. The lowest BCUT2D eigenvalue weighted by Crippen LogP contribution is -2.44. The van der Waals surface area contributed by atoms with Crippen molar-refractivity contribution in [3.05, 3.63) is 59.1 Å². The summed E-state index contributed by atoms with van der Waals surface area (Å²) in [5.74, 6) is 0.597. The smallest absolute Gasteiger partial charge is 0.235 e. The lowest BCUT2D eigenvalue weighted by atomic mass is 9.73. The Morgan fingerprint density at radius 3 is 2.75 bits per heavy atom. The average molecular weight is 399 g/mol. The van der Waals surface area contributed by atoms with Crippen LogP contribution in [0.1, 0.15) is 31.2 Å². The van der Waals surface area contributed by atoms with E-state index in [0.717, 1.165) is 5.56 Å². The first-order valence-corrected chi connectivity index (χ1v) is 9.77. The van der Waals surface area contributed by atoms with Crippen LogP contribution in [0.2, 0.25) is 5.02 Å². The number of carbonyl (C=O) groups excluding carboxylic acids is 1. The minimum Gasteiger partial charge on any atom is -0.493 e. The van der Waals surface area contributed by atoms with Crippen LogP contribution in [0.3, 0.4) is 0 Å². The molecule has 1 fully saturated rings. The largest absolute Gasteiger partial charge is 0.493 e. The molecule has 6 heteroatoms. The van der Waals surface area contributed by atoms with E-state index in [0.29, 0.717) is 62.0 Å². The zero-order chi connectivity index (χ0) is 19.8. The fourth-order valence-electron chi connectivity index (χ4n) is 3.41. The number of ether oxygens (including phenoxy) is 2. The van der Waals surface area contributed by atoms with Crippen LogP contribution < -0.4 is 10.1 Å². The van der Waals surface area contributed by atoms with Crippen molar-refractivity contribution in [3.63, 3.8) is 0 Å². The van der Waals surface area contributed by atoms with Gasteiger partial charge in [-0.1, -0.05) is 29.8 Å². The summed E-state index contributed by atoms with van der Waals surface area (Å²) in [6, 6.07) is 16.9. The molecule has 1 amide bonds. The quantitative estimate of drug-likeness (QED) is 0.685. The highest BCUT2D eigenvalue weighted by atomic mass is 35.5. The molecule has 1 aliphatic rings. The number of anilines is 1. The van der Waals surface area contributed by atoms with Crippen molar-refractivity contribution < 1.29 is 14.3 Å².